The molecular formula is C54H40. The molecule has 0 saturated heterocycles. The van der Waals surface area contributed by atoms with E-state index < -0.39 is 0 Å². The molecule has 10 aromatic rings. The molecule has 0 spiro atoms. The third-order valence-corrected chi connectivity index (χ3v) is 11.3. The van der Waals surface area contributed by atoms with Crippen LogP contribution in [0.5, 0.6) is 0 Å². The lowest BCUT2D eigenvalue weighted by molar-refractivity contribution is 0.590. The van der Waals surface area contributed by atoms with Crippen LogP contribution in [0.4, 0.5) is 0 Å². The summed E-state index contributed by atoms with van der Waals surface area (Å²) in [5, 5.41) is 10.3. The molecule has 0 fully saturated rings. The molecule has 0 N–H and O–H groups in total. The van der Waals surface area contributed by atoms with Crippen molar-refractivity contribution in [3.63, 3.8) is 0 Å². The molecule has 10 rings (SSSR count). The molecule has 0 heteroatoms. The van der Waals surface area contributed by atoms with Gasteiger partial charge in [0.05, 0.1) is 0 Å². The lowest BCUT2D eigenvalue weighted by Crippen LogP contribution is -2.10. The Kier molecular flexibility index (Phi) is 7.49. The standard InChI is InChI=1S/C54H40/c1-54(2,3)49-27-25-38(26-28-49)37-15-13-35(14-16-37)36-17-19-39(20-18-36)47-29-43-21-23-45-31-48(32-46-24-22-44(30-47)52(43)53(45)46)51-34-42-12-8-7-11-41(42)33-50(51)40-9-5-4-6-10-40/h4-34H,1-3H3. The Balaban J connectivity index is 0.982. The molecule has 0 saturated carbocycles. The Bertz CT molecular complexity index is 2890. The van der Waals surface area contributed by atoms with E-state index in [9.17, 15) is 0 Å². The van der Waals surface area contributed by atoms with Gasteiger partial charge in [0.25, 0.3) is 0 Å². The van der Waals surface area contributed by atoms with Crippen LogP contribution >= 0.6 is 0 Å². The highest BCUT2D eigenvalue weighted by atomic mass is 14.2. The second-order valence-corrected chi connectivity index (χ2v) is 15.8. The minimum Gasteiger partial charge on any atom is -0.0622 e. The fraction of sp³-hybridized carbons (Fsp3) is 0.0741. The molecule has 0 amide bonds. The highest BCUT2D eigenvalue weighted by Gasteiger charge is 2.16. The van der Waals surface area contributed by atoms with Crippen molar-refractivity contribution in [3.8, 4) is 55.6 Å². The Morgan fingerprint density at radius 3 is 1.04 bits per heavy atom. The van der Waals surface area contributed by atoms with Crippen LogP contribution in [0.25, 0.3) is 98.7 Å². The summed E-state index contributed by atoms with van der Waals surface area (Å²) in [5.74, 6) is 0. The van der Waals surface area contributed by atoms with Crippen molar-refractivity contribution in [2.75, 3.05) is 0 Å². The number of hydrogen-bond donors (Lipinski definition) is 0. The number of hydrogen-bond acceptors (Lipinski definition) is 0. The Hall–Kier alpha value is -6.50. The van der Waals surface area contributed by atoms with Gasteiger partial charge in [-0.1, -0.05) is 172 Å². The van der Waals surface area contributed by atoms with Crippen LogP contribution in [0.1, 0.15) is 26.3 Å². The second-order valence-electron chi connectivity index (χ2n) is 15.8. The zero-order valence-electron chi connectivity index (χ0n) is 30.9. The van der Waals surface area contributed by atoms with E-state index in [-0.39, 0.29) is 5.41 Å². The first-order valence-electron chi connectivity index (χ1n) is 19.0. The average Bonchev–Trinajstić information content (AvgIpc) is 3.22. The summed E-state index contributed by atoms with van der Waals surface area (Å²) >= 11 is 0. The van der Waals surface area contributed by atoms with E-state index in [0.29, 0.717) is 0 Å². The van der Waals surface area contributed by atoms with Crippen molar-refractivity contribution >= 4 is 43.1 Å². The average molecular weight is 689 g/mol. The maximum absolute atomic E-state index is 2.39. The second kappa shape index (κ2) is 12.6. The van der Waals surface area contributed by atoms with Gasteiger partial charge in [0.15, 0.2) is 0 Å². The summed E-state index contributed by atoms with van der Waals surface area (Å²) in [6.45, 7) is 6.78. The van der Waals surface area contributed by atoms with Crippen LogP contribution in [-0.4, -0.2) is 0 Å². The van der Waals surface area contributed by atoms with Gasteiger partial charge in [-0.05, 0) is 146 Å². The lowest BCUT2D eigenvalue weighted by Gasteiger charge is -2.19. The van der Waals surface area contributed by atoms with Crippen LogP contribution in [0, 0.1) is 0 Å². The molecule has 0 nitrogen and oxygen atoms in total. The molecule has 0 aliphatic rings. The van der Waals surface area contributed by atoms with E-state index in [1.807, 2.05) is 0 Å². The van der Waals surface area contributed by atoms with Crippen LogP contribution in [0.3, 0.4) is 0 Å². The van der Waals surface area contributed by atoms with E-state index in [4.69, 9.17) is 0 Å². The molecular weight excluding hydrogens is 649 g/mol. The van der Waals surface area contributed by atoms with Gasteiger partial charge in [-0.15, -0.1) is 0 Å². The molecule has 10 aromatic carbocycles. The summed E-state index contributed by atoms with van der Waals surface area (Å²) in [4.78, 5) is 0. The van der Waals surface area contributed by atoms with E-state index >= 15 is 0 Å². The summed E-state index contributed by atoms with van der Waals surface area (Å²) in [7, 11) is 0. The molecule has 0 atom stereocenters. The van der Waals surface area contributed by atoms with Gasteiger partial charge >= 0.3 is 0 Å². The number of rotatable bonds is 5. The molecule has 0 bridgehead atoms. The zero-order chi connectivity index (χ0) is 36.4. The topological polar surface area (TPSA) is 0 Å². The van der Waals surface area contributed by atoms with Gasteiger partial charge in [-0.2, -0.15) is 0 Å². The van der Waals surface area contributed by atoms with Crippen molar-refractivity contribution in [3.05, 3.63) is 194 Å². The molecule has 256 valence electrons. The molecule has 0 unspecified atom stereocenters. The third kappa shape index (κ3) is 5.63. The normalized spacial score (nSPS) is 12.0. The molecule has 0 aromatic heterocycles. The summed E-state index contributed by atoms with van der Waals surface area (Å²) < 4.78 is 0. The van der Waals surface area contributed by atoms with Crippen molar-refractivity contribution in [1.29, 1.82) is 0 Å². The summed E-state index contributed by atoms with van der Waals surface area (Å²) in [6, 6.07) is 69.9. The lowest BCUT2D eigenvalue weighted by atomic mass is 9.86. The van der Waals surface area contributed by atoms with Gasteiger partial charge in [-0.3, -0.25) is 0 Å². The fourth-order valence-electron chi connectivity index (χ4n) is 8.37. The van der Waals surface area contributed by atoms with E-state index in [2.05, 4.69) is 209 Å². The van der Waals surface area contributed by atoms with Gasteiger partial charge < -0.3 is 0 Å². The van der Waals surface area contributed by atoms with Gasteiger partial charge in [0.2, 0.25) is 0 Å². The van der Waals surface area contributed by atoms with Crippen LogP contribution in [-0.2, 0) is 5.41 Å². The van der Waals surface area contributed by atoms with Crippen molar-refractivity contribution < 1.29 is 0 Å². The highest BCUT2D eigenvalue weighted by Crippen LogP contribution is 2.42. The minimum absolute atomic E-state index is 0.158. The van der Waals surface area contributed by atoms with Crippen LogP contribution in [0.2, 0.25) is 0 Å². The minimum atomic E-state index is 0.158. The van der Waals surface area contributed by atoms with Gasteiger partial charge in [0, 0.05) is 0 Å². The first-order valence-corrected chi connectivity index (χ1v) is 19.0. The largest absolute Gasteiger partial charge is 0.0622 e. The molecule has 0 heterocycles. The predicted molar refractivity (Wildman–Crippen MR) is 234 cm³/mol. The van der Waals surface area contributed by atoms with Crippen molar-refractivity contribution in [1.82, 2.24) is 0 Å². The monoisotopic (exact) mass is 688 g/mol. The Morgan fingerprint density at radius 2 is 0.611 bits per heavy atom. The SMILES string of the molecule is CC(C)(C)c1ccc(-c2ccc(-c3ccc(-c4cc5ccc6cc(-c7cc8ccccc8cc7-c7ccccc7)cc7ccc(c4)c5c67)cc3)cc2)cc1. The van der Waals surface area contributed by atoms with Crippen LogP contribution < -0.4 is 0 Å². The van der Waals surface area contributed by atoms with Crippen molar-refractivity contribution in [2.24, 2.45) is 0 Å². The van der Waals surface area contributed by atoms with Crippen molar-refractivity contribution in [2.45, 2.75) is 26.2 Å². The molecule has 0 aliphatic carbocycles. The first kappa shape index (κ1) is 32.2. The number of fused-ring (bicyclic) bond motifs is 1. The maximum Gasteiger partial charge on any atom is -0.00264 e. The molecule has 0 radical (unpaired) electrons. The highest BCUT2D eigenvalue weighted by molar-refractivity contribution is 6.24. The van der Waals surface area contributed by atoms with Gasteiger partial charge in [-0.25, -0.2) is 0 Å². The Morgan fingerprint density at radius 1 is 0.259 bits per heavy atom. The smallest absolute Gasteiger partial charge is 0.00264 e. The maximum atomic E-state index is 2.39. The van der Waals surface area contributed by atoms with Crippen LogP contribution in [0.15, 0.2) is 188 Å². The van der Waals surface area contributed by atoms with E-state index in [1.165, 1.54) is 104 Å². The summed E-state index contributed by atoms with van der Waals surface area (Å²) in [6.07, 6.45) is 0. The quantitative estimate of drug-likeness (QED) is 0.158. The Labute approximate surface area is 317 Å². The fourth-order valence-corrected chi connectivity index (χ4v) is 8.37. The predicted octanol–water partition coefficient (Wildman–Crippen LogP) is 15.4. The third-order valence-electron chi connectivity index (χ3n) is 11.3. The summed E-state index contributed by atoms with van der Waals surface area (Å²) in [5.41, 5.74) is 13.9. The molecule has 0 aliphatic heterocycles. The first-order chi connectivity index (χ1) is 26.4. The van der Waals surface area contributed by atoms with E-state index in [1.54, 1.807) is 0 Å². The van der Waals surface area contributed by atoms with E-state index in [0.717, 1.165) is 0 Å². The molecule has 54 heavy (non-hydrogen) atoms. The zero-order valence-corrected chi connectivity index (χ0v) is 30.9. The number of benzene rings is 10. The van der Waals surface area contributed by atoms with Gasteiger partial charge in [0.1, 0.15) is 0 Å².